The van der Waals surface area contributed by atoms with Crippen LogP contribution in [0.15, 0.2) is 40.9 Å². The van der Waals surface area contributed by atoms with Crippen molar-refractivity contribution in [1.82, 2.24) is 0 Å². The summed E-state index contributed by atoms with van der Waals surface area (Å²) in [5, 5.41) is 10.9. The smallest absolute Gasteiger partial charge is 0.343 e. The summed E-state index contributed by atoms with van der Waals surface area (Å²) in [7, 11) is 0. The van der Waals surface area contributed by atoms with Crippen molar-refractivity contribution in [2.75, 3.05) is 0 Å². The Labute approximate surface area is 158 Å². The van der Waals surface area contributed by atoms with E-state index in [0.717, 1.165) is 10.0 Å². The van der Waals surface area contributed by atoms with Gasteiger partial charge < -0.3 is 9.84 Å². The fourth-order valence-electron chi connectivity index (χ4n) is 2.79. The van der Waals surface area contributed by atoms with E-state index in [9.17, 15) is 9.90 Å². The molecular formula is C21H25BrO3. The molecule has 25 heavy (non-hydrogen) atoms. The van der Waals surface area contributed by atoms with E-state index in [1.807, 2.05) is 59.7 Å². The zero-order chi connectivity index (χ0) is 19.0. The molecule has 1 N–H and O–H groups in total. The first-order chi connectivity index (χ1) is 11.4. The summed E-state index contributed by atoms with van der Waals surface area (Å²) in [4.78, 5) is 12.7. The third-order valence-electron chi connectivity index (χ3n) is 3.98. The van der Waals surface area contributed by atoms with E-state index in [2.05, 4.69) is 15.9 Å². The molecule has 0 heterocycles. The molecule has 0 aliphatic carbocycles. The van der Waals surface area contributed by atoms with E-state index >= 15 is 0 Å². The van der Waals surface area contributed by atoms with Crippen molar-refractivity contribution < 1.29 is 14.6 Å². The number of halogens is 1. The Kier molecular flexibility index (Phi) is 5.33. The van der Waals surface area contributed by atoms with Gasteiger partial charge in [0.1, 0.15) is 11.5 Å². The molecule has 0 aliphatic heterocycles. The minimum Gasteiger partial charge on any atom is -0.507 e. The zero-order valence-electron chi connectivity index (χ0n) is 15.6. The standard InChI is InChI=1S/C21H25BrO3/c1-20(2,3)16-12-11-15(17(18(16)23)21(4,5)6)19(24)25-14-9-7-13(22)8-10-14/h7-12,23H,1-6H3. The van der Waals surface area contributed by atoms with E-state index in [4.69, 9.17) is 4.74 Å². The molecule has 0 aliphatic rings. The molecular weight excluding hydrogens is 380 g/mol. The molecule has 134 valence electrons. The number of phenolic OH excluding ortho intramolecular Hbond substituents is 1. The van der Waals surface area contributed by atoms with Crippen molar-refractivity contribution in [2.24, 2.45) is 0 Å². The molecule has 0 bridgehead atoms. The SMILES string of the molecule is CC(C)(C)c1ccc(C(=O)Oc2ccc(Br)cc2)c(C(C)(C)C)c1O. The van der Waals surface area contributed by atoms with E-state index in [0.29, 0.717) is 16.9 Å². The molecule has 0 atom stereocenters. The molecule has 0 fully saturated rings. The lowest BCUT2D eigenvalue weighted by Crippen LogP contribution is -2.22. The van der Waals surface area contributed by atoms with Crippen LogP contribution in [0.1, 0.15) is 63.0 Å². The number of benzene rings is 2. The van der Waals surface area contributed by atoms with Gasteiger partial charge in [0.15, 0.2) is 0 Å². The Morgan fingerprint density at radius 3 is 1.96 bits per heavy atom. The topological polar surface area (TPSA) is 46.5 Å². The van der Waals surface area contributed by atoms with Gasteiger partial charge in [-0.05, 0) is 46.7 Å². The van der Waals surface area contributed by atoms with Gasteiger partial charge in [0, 0.05) is 10.0 Å². The normalized spacial score (nSPS) is 12.1. The summed E-state index contributed by atoms with van der Waals surface area (Å²) in [6, 6.07) is 10.6. The summed E-state index contributed by atoms with van der Waals surface area (Å²) in [6.45, 7) is 12.0. The van der Waals surface area contributed by atoms with Crippen LogP contribution >= 0.6 is 15.9 Å². The third-order valence-corrected chi connectivity index (χ3v) is 4.51. The predicted octanol–water partition coefficient (Wildman–Crippen LogP) is 5.97. The maximum Gasteiger partial charge on any atom is 0.343 e. The summed E-state index contributed by atoms with van der Waals surface area (Å²) < 4.78 is 6.41. The van der Waals surface area contributed by atoms with Crippen LogP contribution in [-0.4, -0.2) is 11.1 Å². The molecule has 0 amide bonds. The lowest BCUT2D eigenvalue weighted by atomic mass is 9.77. The van der Waals surface area contributed by atoms with Gasteiger partial charge in [-0.2, -0.15) is 0 Å². The second kappa shape index (κ2) is 6.83. The van der Waals surface area contributed by atoms with E-state index in [1.165, 1.54) is 0 Å². The number of aromatic hydroxyl groups is 1. The molecule has 0 unspecified atom stereocenters. The van der Waals surface area contributed by atoms with Crippen LogP contribution in [-0.2, 0) is 10.8 Å². The summed E-state index contributed by atoms with van der Waals surface area (Å²) >= 11 is 3.36. The molecule has 2 aromatic carbocycles. The number of carbonyl (C=O) groups excluding carboxylic acids is 1. The van der Waals surface area contributed by atoms with Crippen LogP contribution in [0, 0.1) is 0 Å². The van der Waals surface area contributed by atoms with Gasteiger partial charge >= 0.3 is 5.97 Å². The first kappa shape index (κ1) is 19.5. The zero-order valence-corrected chi connectivity index (χ0v) is 17.2. The first-order valence-electron chi connectivity index (χ1n) is 8.26. The lowest BCUT2D eigenvalue weighted by Gasteiger charge is -2.28. The molecule has 3 nitrogen and oxygen atoms in total. The quantitative estimate of drug-likeness (QED) is 0.495. The van der Waals surface area contributed by atoms with Crippen molar-refractivity contribution in [1.29, 1.82) is 0 Å². The largest absolute Gasteiger partial charge is 0.507 e. The number of esters is 1. The highest BCUT2D eigenvalue weighted by Gasteiger charge is 2.31. The Morgan fingerprint density at radius 2 is 1.48 bits per heavy atom. The Morgan fingerprint density at radius 1 is 0.920 bits per heavy atom. The van der Waals surface area contributed by atoms with E-state index in [-0.39, 0.29) is 11.2 Å². The molecule has 0 saturated carbocycles. The van der Waals surface area contributed by atoms with Crippen LogP contribution in [0.5, 0.6) is 11.5 Å². The minimum absolute atomic E-state index is 0.172. The Hall–Kier alpha value is -1.81. The van der Waals surface area contributed by atoms with Crippen molar-refractivity contribution in [3.8, 4) is 11.5 Å². The van der Waals surface area contributed by atoms with E-state index < -0.39 is 11.4 Å². The number of phenols is 1. The van der Waals surface area contributed by atoms with Gasteiger partial charge in [-0.3, -0.25) is 0 Å². The van der Waals surface area contributed by atoms with Crippen LogP contribution in [0.2, 0.25) is 0 Å². The molecule has 2 aromatic rings. The van der Waals surface area contributed by atoms with Crippen LogP contribution < -0.4 is 4.74 Å². The van der Waals surface area contributed by atoms with Crippen LogP contribution in [0.4, 0.5) is 0 Å². The average molecular weight is 405 g/mol. The molecule has 2 rings (SSSR count). The summed E-state index contributed by atoms with van der Waals surface area (Å²) in [5.74, 6) is 0.167. The maximum absolute atomic E-state index is 12.7. The predicted molar refractivity (Wildman–Crippen MR) is 105 cm³/mol. The summed E-state index contributed by atoms with van der Waals surface area (Å²) in [6.07, 6.45) is 0. The number of ether oxygens (including phenoxy) is 1. The Balaban J connectivity index is 2.51. The van der Waals surface area contributed by atoms with Gasteiger partial charge in [0.05, 0.1) is 5.56 Å². The van der Waals surface area contributed by atoms with Crippen molar-refractivity contribution in [2.45, 2.75) is 52.4 Å². The van der Waals surface area contributed by atoms with Crippen LogP contribution in [0.3, 0.4) is 0 Å². The maximum atomic E-state index is 12.7. The van der Waals surface area contributed by atoms with Gasteiger partial charge in [-0.1, -0.05) is 63.5 Å². The lowest BCUT2D eigenvalue weighted by molar-refractivity contribution is 0.0731. The number of hydrogen-bond donors (Lipinski definition) is 1. The van der Waals surface area contributed by atoms with Gasteiger partial charge in [0.25, 0.3) is 0 Å². The van der Waals surface area contributed by atoms with Crippen LogP contribution in [0.25, 0.3) is 0 Å². The van der Waals surface area contributed by atoms with Crippen molar-refractivity contribution in [3.05, 3.63) is 57.6 Å². The highest BCUT2D eigenvalue weighted by atomic mass is 79.9. The fraction of sp³-hybridized carbons (Fsp3) is 0.381. The summed E-state index contributed by atoms with van der Waals surface area (Å²) in [5.41, 5.74) is 1.19. The number of carbonyl (C=O) groups is 1. The molecule has 0 aromatic heterocycles. The van der Waals surface area contributed by atoms with Gasteiger partial charge in [-0.15, -0.1) is 0 Å². The first-order valence-corrected chi connectivity index (χ1v) is 9.05. The minimum atomic E-state index is -0.469. The number of hydrogen-bond acceptors (Lipinski definition) is 3. The van der Waals surface area contributed by atoms with Gasteiger partial charge in [0.2, 0.25) is 0 Å². The highest BCUT2D eigenvalue weighted by molar-refractivity contribution is 9.10. The fourth-order valence-corrected chi connectivity index (χ4v) is 3.05. The monoisotopic (exact) mass is 404 g/mol. The third kappa shape index (κ3) is 4.43. The molecule has 4 heteroatoms. The molecule has 0 spiro atoms. The Bertz CT molecular complexity index is 779. The second-order valence-corrected chi connectivity index (χ2v) is 9.14. The second-order valence-electron chi connectivity index (χ2n) is 8.23. The number of rotatable bonds is 2. The van der Waals surface area contributed by atoms with Crippen molar-refractivity contribution in [3.63, 3.8) is 0 Å². The van der Waals surface area contributed by atoms with Crippen molar-refractivity contribution >= 4 is 21.9 Å². The average Bonchev–Trinajstić information content (AvgIpc) is 2.46. The van der Waals surface area contributed by atoms with Gasteiger partial charge in [-0.25, -0.2) is 4.79 Å². The molecule has 0 saturated heterocycles. The van der Waals surface area contributed by atoms with E-state index in [1.54, 1.807) is 18.2 Å². The highest BCUT2D eigenvalue weighted by Crippen LogP contribution is 2.41. The molecule has 0 radical (unpaired) electrons.